The highest BCUT2D eigenvalue weighted by Crippen LogP contribution is 2.21. The van der Waals surface area contributed by atoms with E-state index in [-0.39, 0.29) is 18.4 Å². The molecular formula is C20H25N3O2. The zero-order chi connectivity index (χ0) is 18.6. The molecule has 5 nitrogen and oxygen atoms in total. The monoisotopic (exact) mass is 339 g/mol. The molecule has 0 saturated carbocycles. The molecule has 25 heavy (non-hydrogen) atoms. The summed E-state index contributed by atoms with van der Waals surface area (Å²) >= 11 is 0. The molecule has 2 aromatic carbocycles. The number of aryl methyl sites for hydroxylation is 3. The Morgan fingerprint density at radius 2 is 1.52 bits per heavy atom. The van der Waals surface area contributed by atoms with Crippen molar-refractivity contribution in [2.75, 3.05) is 31.3 Å². The van der Waals surface area contributed by atoms with Gasteiger partial charge in [0.2, 0.25) is 5.91 Å². The van der Waals surface area contributed by atoms with E-state index in [0.717, 1.165) is 22.5 Å². The van der Waals surface area contributed by atoms with Gasteiger partial charge < -0.3 is 15.5 Å². The summed E-state index contributed by atoms with van der Waals surface area (Å²) in [6.07, 6.45) is 0. The third kappa shape index (κ3) is 4.83. The number of benzene rings is 2. The Balaban J connectivity index is 1.95. The second kappa shape index (κ2) is 7.83. The summed E-state index contributed by atoms with van der Waals surface area (Å²) in [7, 11) is 3.43. The molecule has 0 aromatic heterocycles. The third-order valence-corrected chi connectivity index (χ3v) is 3.93. The second-order valence-corrected chi connectivity index (χ2v) is 6.45. The summed E-state index contributed by atoms with van der Waals surface area (Å²) < 4.78 is 0. The van der Waals surface area contributed by atoms with Crippen molar-refractivity contribution in [3.63, 3.8) is 0 Å². The first kappa shape index (κ1) is 18.5. The van der Waals surface area contributed by atoms with Crippen LogP contribution in [0.15, 0.2) is 36.4 Å². The molecule has 0 bridgehead atoms. The number of hydrogen-bond acceptors (Lipinski definition) is 3. The molecule has 0 fully saturated rings. The topological polar surface area (TPSA) is 61.4 Å². The van der Waals surface area contributed by atoms with Crippen LogP contribution in [0.2, 0.25) is 0 Å². The fourth-order valence-electron chi connectivity index (χ4n) is 2.73. The molecule has 0 spiro atoms. The van der Waals surface area contributed by atoms with Crippen molar-refractivity contribution in [1.29, 1.82) is 0 Å². The molecule has 0 heterocycles. The molecule has 0 saturated heterocycles. The Bertz CT molecular complexity index is 757. The number of amides is 2. The largest absolute Gasteiger partial charge is 0.376 e. The van der Waals surface area contributed by atoms with Gasteiger partial charge in [0.25, 0.3) is 5.91 Å². The van der Waals surface area contributed by atoms with Crippen LogP contribution in [0.4, 0.5) is 11.4 Å². The van der Waals surface area contributed by atoms with E-state index in [2.05, 4.69) is 22.8 Å². The van der Waals surface area contributed by atoms with E-state index in [1.165, 1.54) is 10.5 Å². The third-order valence-electron chi connectivity index (χ3n) is 3.93. The van der Waals surface area contributed by atoms with Gasteiger partial charge in [-0.15, -0.1) is 0 Å². The van der Waals surface area contributed by atoms with Crippen LogP contribution in [0.5, 0.6) is 0 Å². The fourth-order valence-corrected chi connectivity index (χ4v) is 2.73. The molecule has 2 aromatic rings. The number of anilines is 2. The maximum Gasteiger partial charge on any atom is 0.253 e. The lowest BCUT2D eigenvalue weighted by molar-refractivity contribution is -0.114. The van der Waals surface area contributed by atoms with Crippen LogP contribution in [0.1, 0.15) is 27.0 Å². The maximum atomic E-state index is 12.2. The van der Waals surface area contributed by atoms with Crippen molar-refractivity contribution in [3.05, 3.63) is 58.7 Å². The average molecular weight is 339 g/mol. The van der Waals surface area contributed by atoms with E-state index in [9.17, 15) is 9.59 Å². The summed E-state index contributed by atoms with van der Waals surface area (Å²) in [5, 5.41) is 6.03. The Kier molecular flexibility index (Phi) is 5.80. The number of nitrogens with one attached hydrogen (secondary N) is 2. The predicted octanol–water partition coefficient (Wildman–Crippen LogP) is 3.36. The molecular weight excluding hydrogens is 314 g/mol. The number of hydrogen-bond donors (Lipinski definition) is 2. The van der Waals surface area contributed by atoms with E-state index in [4.69, 9.17) is 0 Å². The van der Waals surface area contributed by atoms with Crippen LogP contribution in [-0.2, 0) is 4.79 Å². The van der Waals surface area contributed by atoms with Crippen molar-refractivity contribution in [3.8, 4) is 0 Å². The normalized spacial score (nSPS) is 10.3. The number of carbonyl (C=O) groups excluding carboxylic acids is 2. The standard InChI is InChI=1S/C20H25N3O2/c1-13-10-14(2)19(15(3)11-13)22-18(24)12-21-17-8-6-16(7-9-17)20(25)23(4)5/h6-11,21H,12H2,1-5H3,(H,22,24). The first-order chi connectivity index (χ1) is 11.8. The van der Waals surface area contributed by atoms with E-state index >= 15 is 0 Å². The smallest absolute Gasteiger partial charge is 0.253 e. The highest BCUT2D eigenvalue weighted by atomic mass is 16.2. The van der Waals surface area contributed by atoms with E-state index in [0.29, 0.717) is 5.56 Å². The minimum atomic E-state index is -0.108. The van der Waals surface area contributed by atoms with Gasteiger partial charge in [0.05, 0.1) is 6.54 Å². The molecule has 0 unspecified atom stereocenters. The Morgan fingerprint density at radius 3 is 2.04 bits per heavy atom. The van der Waals surface area contributed by atoms with Crippen LogP contribution in [0.3, 0.4) is 0 Å². The molecule has 0 radical (unpaired) electrons. The second-order valence-electron chi connectivity index (χ2n) is 6.45. The van der Waals surface area contributed by atoms with E-state index in [1.54, 1.807) is 38.4 Å². The Morgan fingerprint density at radius 1 is 0.960 bits per heavy atom. The van der Waals surface area contributed by atoms with Crippen LogP contribution in [-0.4, -0.2) is 37.4 Å². The van der Waals surface area contributed by atoms with Gasteiger partial charge in [-0.25, -0.2) is 0 Å². The van der Waals surface area contributed by atoms with Crippen LogP contribution >= 0.6 is 0 Å². The van der Waals surface area contributed by atoms with Crippen molar-refractivity contribution in [2.45, 2.75) is 20.8 Å². The Labute approximate surface area is 149 Å². The van der Waals surface area contributed by atoms with Crippen molar-refractivity contribution >= 4 is 23.2 Å². The van der Waals surface area contributed by atoms with Crippen molar-refractivity contribution < 1.29 is 9.59 Å². The van der Waals surface area contributed by atoms with Gasteiger partial charge in [-0.2, -0.15) is 0 Å². The van der Waals surface area contributed by atoms with Crippen molar-refractivity contribution in [1.82, 2.24) is 4.90 Å². The lowest BCUT2D eigenvalue weighted by Crippen LogP contribution is -2.23. The van der Waals surface area contributed by atoms with Gasteiger partial charge in [-0.1, -0.05) is 17.7 Å². The highest BCUT2D eigenvalue weighted by Gasteiger charge is 2.09. The first-order valence-corrected chi connectivity index (χ1v) is 8.21. The average Bonchev–Trinajstić information content (AvgIpc) is 2.56. The molecule has 0 aliphatic heterocycles. The molecule has 0 aliphatic carbocycles. The predicted molar refractivity (Wildman–Crippen MR) is 102 cm³/mol. The van der Waals surface area contributed by atoms with E-state index in [1.807, 2.05) is 20.8 Å². The summed E-state index contributed by atoms with van der Waals surface area (Å²) in [6.45, 7) is 6.18. The molecule has 132 valence electrons. The van der Waals surface area contributed by atoms with E-state index < -0.39 is 0 Å². The molecule has 0 atom stereocenters. The minimum Gasteiger partial charge on any atom is -0.376 e. The Hall–Kier alpha value is -2.82. The zero-order valence-electron chi connectivity index (χ0n) is 15.4. The molecule has 0 aliphatic rings. The van der Waals surface area contributed by atoms with Crippen LogP contribution < -0.4 is 10.6 Å². The molecule has 5 heteroatoms. The van der Waals surface area contributed by atoms with Crippen LogP contribution in [0, 0.1) is 20.8 Å². The van der Waals surface area contributed by atoms with Crippen molar-refractivity contribution in [2.24, 2.45) is 0 Å². The fraction of sp³-hybridized carbons (Fsp3) is 0.300. The lowest BCUT2D eigenvalue weighted by atomic mass is 10.1. The quantitative estimate of drug-likeness (QED) is 0.878. The van der Waals surface area contributed by atoms with Gasteiger partial charge in [0, 0.05) is 31.0 Å². The summed E-state index contributed by atoms with van der Waals surface area (Å²) in [4.78, 5) is 25.6. The summed E-state index contributed by atoms with van der Waals surface area (Å²) in [5.41, 5.74) is 5.56. The molecule has 2 rings (SSSR count). The number of carbonyl (C=O) groups is 2. The highest BCUT2D eigenvalue weighted by molar-refractivity contribution is 5.96. The van der Waals surface area contributed by atoms with Gasteiger partial charge in [-0.3, -0.25) is 9.59 Å². The van der Waals surface area contributed by atoms with Gasteiger partial charge in [0.15, 0.2) is 0 Å². The molecule has 2 N–H and O–H groups in total. The molecule has 2 amide bonds. The van der Waals surface area contributed by atoms with Gasteiger partial charge >= 0.3 is 0 Å². The minimum absolute atomic E-state index is 0.0467. The lowest BCUT2D eigenvalue weighted by Gasteiger charge is -2.14. The number of nitrogens with zero attached hydrogens (tertiary/aromatic N) is 1. The first-order valence-electron chi connectivity index (χ1n) is 8.21. The number of rotatable bonds is 5. The maximum absolute atomic E-state index is 12.2. The van der Waals surface area contributed by atoms with Gasteiger partial charge in [0.1, 0.15) is 0 Å². The zero-order valence-corrected chi connectivity index (χ0v) is 15.4. The summed E-state index contributed by atoms with van der Waals surface area (Å²) in [5.74, 6) is -0.155. The summed E-state index contributed by atoms with van der Waals surface area (Å²) in [6, 6.07) is 11.2. The van der Waals surface area contributed by atoms with Gasteiger partial charge in [-0.05, 0) is 56.2 Å². The SMILES string of the molecule is Cc1cc(C)c(NC(=O)CNc2ccc(C(=O)N(C)C)cc2)c(C)c1. The van der Waals surface area contributed by atoms with Crippen LogP contribution in [0.25, 0.3) is 0 Å².